The summed E-state index contributed by atoms with van der Waals surface area (Å²) in [6.45, 7) is 10.1. The minimum Gasteiger partial charge on any atom is -0.346 e. The maximum Gasteiger partial charge on any atom is 0.243 e. The molecule has 5 heteroatoms. The van der Waals surface area contributed by atoms with Crippen molar-refractivity contribution in [3.05, 3.63) is 64.2 Å². The van der Waals surface area contributed by atoms with E-state index in [1.54, 1.807) is 0 Å². The van der Waals surface area contributed by atoms with Crippen LogP contribution in [0.5, 0.6) is 0 Å². The third-order valence-electron chi connectivity index (χ3n) is 4.66. The largest absolute Gasteiger partial charge is 0.346 e. The van der Waals surface area contributed by atoms with Gasteiger partial charge in [-0.15, -0.1) is 0 Å². The molecule has 0 heterocycles. The maximum atomic E-state index is 12.1. The Balaban J connectivity index is 1.80. The molecule has 5 nitrogen and oxygen atoms in total. The lowest BCUT2D eigenvalue weighted by molar-refractivity contribution is -0.123. The van der Waals surface area contributed by atoms with Gasteiger partial charge in [0.2, 0.25) is 11.8 Å². The van der Waals surface area contributed by atoms with Crippen LogP contribution in [0.2, 0.25) is 0 Å². The second-order valence-electron chi connectivity index (χ2n) is 7.05. The van der Waals surface area contributed by atoms with E-state index in [1.165, 1.54) is 16.7 Å². The van der Waals surface area contributed by atoms with E-state index >= 15 is 0 Å². The van der Waals surface area contributed by atoms with Gasteiger partial charge in [-0.3, -0.25) is 9.59 Å². The van der Waals surface area contributed by atoms with Crippen LogP contribution in [0.25, 0.3) is 0 Å². The Morgan fingerprint density at radius 1 is 0.889 bits per heavy atom. The van der Waals surface area contributed by atoms with Crippen LogP contribution in [0.15, 0.2) is 36.4 Å². The summed E-state index contributed by atoms with van der Waals surface area (Å²) in [6.07, 6.45) is 0. The first-order valence-electron chi connectivity index (χ1n) is 9.21. The fraction of sp³-hybridized carbons (Fsp3) is 0.364. The highest BCUT2D eigenvalue weighted by Gasteiger charge is 2.12. The van der Waals surface area contributed by atoms with Crippen LogP contribution in [-0.4, -0.2) is 24.9 Å². The SMILES string of the molecule is Cc1ccc(C)c([C@@H](C)NCC(=O)NCC(=O)Nc2c(C)cccc2C)c1. The van der Waals surface area contributed by atoms with Gasteiger partial charge >= 0.3 is 0 Å². The number of amides is 2. The first-order valence-corrected chi connectivity index (χ1v) is 9.21. The second-order valence-corrected chi connectivity index (χ2v) is 7.05. The van der Waals surface area contributed by atoms with E-state index in [1.807, 2.05) is 39.0 Å². The third kappa shape index (κ3) is 5.93. The van der Waals surface area contributed by atoms with Gasteiger partial charge in [-0.1, -0.05) is 42.0 Å². The van der Waals surface area contributed by atoms with Crippen molar-refractivity contribution in [3.8, 4) is 0 Å². The average molecular weight is 367 g/mol. The summed E-state index contributed by atoms with van der Waals surface area (Å²) in [4.78, 5) is 24.2. The van der Waals surface area contributed by atoms with Crippen molar-refractivity contribution in [3.63, 3.8) is 0 Å². The molecule has 0 aromatic heterocycles. The molecule has 27 heavy (non-hydrogen) atoms. The fourth-order valence-electron chi connectivity index (χ4n) is 3.02. The van der Waals surface area contributed by atoms with Gasteiger partial charge in [0.15, 0.2) is 0 Å². The van der Waals surface area contributed by atoms with E-state index in [2.05, 4.69) is 48.0 Å². The summed E-state index contributed by atoms with van der Waals surface area (Å²) in [7, 11) is 0. The second kappa shape index (κ2) is 9.33. The number of hydrogen-bond acceptors (Lipinski definition) is 3. The number of para-hydroxylation sites is 1. The molecule has 0 aliphatic rings. The Labute approximate surface area is 161 Å². The molecule has 0 bridgehead atoms. The van der Waals surface area contributed by atoms with Crippen molar-refractivity contribution in [2.75, 3.05) is 18.4 Å². The summed E-state index contributed by atoms with van der Waals surface area (Å²) in [5.41, 5.74) is 6.36. The van der Waals surface area contributed by atoms with Crippen molar-refractivity contribution in [1.29, 1.82) is 0 Å². The molecule has 2 aromatic carbocycles. The van der Waals surface area contributed by atoms with Crippen LogP contribution >= 0.6 is 0 Å². The molecular weight excluding hydrogens is 338 g/mol. The zero-order valence-electron chi connectivity index (χ0n) is 16.8. The molecule has 144 valence electrons. The van der Waals surface area contributed by atoms with Crippen molar-refractivity contribution < 1.29 is 9.59 Å². The molecule has 2 rings (SSSR count). The molecule has 0 saturated heterocycles. The molecule has 0 fully saturated rings. The monoisotopic (exact) mass is 367 g/mol. The maximum absolute atomic E-state index is 12.1. The van der Waals surface area contributed by atoms with Gasteiger partial charge in [0.1, 0.15) is 0 Å². The summed E-state index contributed by atoms with van der Waals surface area (Å²) in [6, 6.07) is 12.2. The number of aryl methyl sites for hydroxylation is 4. The molecule has 0 saturated carbocycles. The van der Waals surface area contributed by atoms with Crippen LogP contribution in [0.3, 0.4) is 0 Å². The first kappa shape index (κ1) is 20.6. The molecular formula is C22H29N3O2. The van der Waals surface area contributed by atoms with E-state index in [9.17, 15) is 9.59 Å². The van der Waals surface area contributed by atoms with Crippen LogP contribution in [0, 0.1) is 27.7 Å². The van der Waals surface area contributed by atoms with E-state index in [0.29, 0.717) is 0 Å². The lowest BCUT2D eigenvalue weighted by Gasteiger charge is -2.17. The summed E-state index contributed by atoms with van der Waals surface area (Å²) < 4.78 is 0. The van der Waals surface area contributed by atoms with Crippen LogP contribution in [0.1, 0.15) is 40.8 Å². The zero-order valence-corrected chi connectivity index (χ0v) is 16.8. The van der Waals surface area contributed by atoms with Gasteiger partial charge in [0.25, 0.3) is 0 Å². The average Bonchev–Trinajstić information content (AvgIpc) is 2.63. The normalized spacial score (nSPS) is 11.7. The van der Waals surface area contributed by atoms with E-state index in [0.717, 1.165) is 16.8 Å². The highest BCUT2D eigenvalue weighted by atomic mass is 16.2. The minimum absolute atomic E-state index is 0.0495. The number of carbonyl (C=O) groups is 2. The minimum atomic E-state index is -0.233. The van der Waals surface area contributed by atoms with Gasteiger partial charge < -0.3 is 16.0 Å². The standard InChI is InChI=1S/C22H29N3O2/c1-14-9-10-15(2)19(11-14)18(5)23-12-20(26)24-13-21(27)25-22-16(3)7-6-8-17(22)4/h6-11,18,23H,12-13H2,1-5H3,(H,24,26)(H,25,27)/t18-/m1/s1. The quantitative estimate of drug-likeness (QED) is 0.703. The predicted octanol–water partition coefficient (Wildman–Crippen LogP) is 3.33. The molecule has 0 aliphatic carbocycles. The Bertz CT molecular complexity index is 810. The molecule has 0 unspecified atom stereocenters. The highest BCUT2D eigenvalue weighted by molar-refractivity contribution is 5.95. The van der Waals surface area contributed by atoms with Gasteiger partial charge in [-0.2, -0.15) is 0 Å². The number of rotatable bonds is 7. The predicted molar refractivity (Wildman–Crippen MR) is 110 cm³/mol. The van der Waals surface area contributed by atoms with Crippen molar-refractivity contribution in [2.45, 2.75) is 40.7 Å². The number of nitrogens with one attached hydrogen (secondary N) is 3. The van der Waals surface area contributed by atoms with Gasteiger partial charge in [0, 0.05) is 11.7 Å². The van der Waals surface area contributed by atoms with Gasteiger partial charge in [-0.25, -0.2) is 0 Å². The number of hydrogen-bond donors (Lipinski definition) is 3. The van der Waals surface area contributed by atoms with Gasteiger partial charge in [0.05, 0.1) is 13.1 Å². The van der Waals surface area contributed by atoms with Crippen LogP contribution in [0.4, 0.5) is 5.69 Å². The fourth-order valence-corrected chi connectivity index (χ4v) is 3.02. The topological polar surface area (TPSA) is 70.2 Å². The Kier molecular flexibility index (Phi) is 7.13. The summed E-state index contributed by atoms with van der Waals surface area (Å²) in [5.74, 6) is -0.438. The summed E-state index contributed by atoms with van der Waals surface area (Å²) >= 11 is 0. The molecule has 1 atom stereocenters. The van der Waals surface area contributed by atoms with Crippen molar-refractivity contribution in [2.24, 2.45) is 0 Å². The molecule has 3 N–H and O–H groups in total. The lowest BCUT2D eigenvalue weighted by atomic mass is 10.00. The van der Waals surface area contributed by atoms with Crippen molar-refractivity contribution in [1.82, 2.24) is 10.6 Å². The number of benzene rings is 2. The molecule has 0 radical (unpaired) electrons. The van der Waals surface area contributed by atoms with E-state index in [-0.39, 0.29) is 30.9 Å². The molecule has 0 aliphatic heterocycles. The molecule has 2 amide bonds. The summed E-state index contributed by atoms with van der Waals surface area (Å²) in [5, 5.41) is 8.74. The Hall–Kier alpha value is -2.66. The van der Waals surface area contributed by atoms with Crippen LogP contribution < -0.4 is 16.0 Å². The smallest absolute Gasteiger partial charge is 0.243 e. The Morgan fingerprint density at radius 2 is 1.56 bits per heavy atom. The molecule has 0 spiro atoms. The first-order chi connectivity index (χ1) is 12.8. The van der Waals surface area contributed by atoms with Crippen molar-refractivity contribution >= 4 is 17.5 Å². The zero-order chi connectivity index (χ0) is 20.0. The van der Waals surface area contributed by atoms with E-state index < -0.39 is 0 Å². The van der Waals surface area contributed by atoms with Gasteiger partial charge in [-0.05, 0) is 56.9 Å². The number of carbonyl (C=O) groups excluding carboxylic acids is 2. The lowest BCUT2D eigenvalue weighted by Crippen LogP contribution is -2.39. The third-order valence-corrected chi connectivity index (χ3v) is 4.66. The molecule has 2 aromatic rings. The van der Waals surface area contributed by atoms with E-state index in [4.69, 9.17) is 0 Å². The highest BCUT2D eigenvalue weighted by Crippen LogP contribution is 2.19. The van der Waals surface area contributed by atoms with Crippen LogP contribution in [-0.2, 0) is 9.59 Å². The Morgan fingerprint density at radius 3 is 2.22 bits per heavy atom. The number of anilines is 1.